The van der Waals surface area contributed by atoms with Crippen LogP contribution in [-0.4, -0.2) is 29.3 Å². The number of hydrogen-bond donors (Lipinski definition) is 1. The lowest BCUT2D eigenvalue weighted by molar-refractivity contribution is 0.182. The minimum atomic E-state index is 0.704. The van der Waals surface area contributed by atoms with E-state index in [-0.39, 0.29) is 0 Å². The zero-order chi connectivity index (χ0) is 11.9. The predicted octanol–water partition coefficient (Wildman–Crippen LogP) is 1.44. The van der Waals surface area contributed by atoms with E-state index in [1.165, 1.54) is 36.5 Å². The van der Waals surface area contributed by atoms with Crippen LogP contribution in [0.5, 0.6) is 0 Å². The molecule has 0 radical (unpaired) electrons. The van der Waals surface area contributed by atoms with Gasteiger partial charge in [-0.05, 0) is 19.3 Å². The van der Waals surface area contributed by atoms with Gasteiger partial charge in [0.15, 0.2) is 0 Å². The summed E-state index contributed by atoms with van der Waals surface area (Å²) >= 11 is 0. The highest BCUT2D eigenvalue weighted by molar-refractivity contribution is 5.24. The average molecular weight is 247 g/mol. The van der Waals surface area contributed by atoms with Gasteiger partial charge in [0.05, 0.1) is 12.3 Å². The van der Waals surface area contributed by atoms with Crippen molar-refractivity contribution in [2.45, 2.75) is 44.7 Å². The first-order valence-corrected chi connectivity index (χ1v) is 7.28. The average Bonchev–Trinajstić information content (AvgIpc) is 2.99. The first-order valence-electron chi connectivity index (χ1n) is 7.28. The summed E-state index contributed by atoms with van der Waals surface area (Å²) in [5.74, 6) is 2.82. The monoisotopic (exact) mass is 247 g/mol. The largest absolute Gasteiger partial charge is 0.381 e. The van der Waals surface area contributed by atoms with Gasteiger partial charge >= 0.3 is 0 Å². The third kappa shape index (κ3) is 1.88. The molecule has 18 heavy (non-hydrogen) atoms. The summed E-state index contributed by atoms with van der Waals surface area (Å²) in [6, 6.07) is 0. The lowest BCUT2D eigenvalue weighted by Gasteiger charge is -2.18. The van der Waals surface area contributed by atoms with Crippen molar-refractivity contribution in [2.75, 3.05) is 19.8 Å². The first-order chi connectivity index (χ1) is 8.92. The van der Waals surface area contributed by atoms with Gasteiger partial charge in [-0.1, -0.05) is 0 Å². The number of imidazole rings is 1. The lowest BCUT2D eigenvalue weighted by Crippen LogP contribution is -2.26. The predicted molar refractivity (Wildman–Crippen MR) is 68.5 cm³/mol. The fraction of sp³-hybridized carbons (Fsp3) is 0.786. The number of rotatable bonds is 3. The molecule has 4 nitrogen and oxygen atoms in total. The fourth-order valence-corrected chi connectivity index (χ4v) is 3.23. The molecule has 2 aliphatic heterocycles. The highest BCUT2D eigenvalue weighted by atomic mass is 16.5. The molecule has 2 fully saturated rings. The second kappa shape index (κ2) is 4.35. The van der Waals surface area contributed by atoms with Gasteiger partial charge in [-0.3, -0.25) is 0 Å². The van der Waals surface area contributed by atoms with E-state index in [1.54, 1.807) is 0 Å². The highest BCUT2D eigenvalue weighted by Gasteiger charge is 2.32. The van der Waals surface area contributed by atoms with Crippen LogP contribution in [0.3, 0.4) is 0 Å². The molecule has 3 aliphatic rings. The van der Waals surface area contributed by atoms with Crippen LogP contribution in [0, 0.1) is 5.92 Å². The van der Waals surface area contributed by atoms with E-state index < -0.39 is 0 Å². The van der Waals surface area contributed by atoms with Gasteiger partial charge < -0.3 is 14.6 Å². The number of hydrogen-bond acceptors (Lipinski definition) is 3. The Bertz CT molecular complexity index is 444. The van der Waals surface area contributed by atoms with E-state index in [1.807, 2.05) is 0 Å². The maximum Gasteiger partial charge on any atom is 0.112 e. The summed E-state index contributed by atoms with van der Waals surface area (Å²) in [6.45, 7) is 5.08. The Hall–Kier alpha value is -0.870. The van der Waals surface area contributed by atoms with Crippen LogP contribution in [0.25, 0.3) is 0 Å². The summed E-state index contributed by atoms with van der Waals surface area (Å²) in [5.41, 5.74) is 2.81. The maximum atomic E-state index is 5.52. The molecule has 1 aliphatic carbocycles. The number of aromatic nitrogens is 2. The molecule has 0 spiro atoms. The Morgan fingerprint density at radius 1 is 1.33 bits per heavy atom. The maximum absolute atomic E-state index is 5.52. The molecule has 1 aromatic heterocycles. The molecule has 98 valence electrons. The fourth-order valence-electron chi connectivity index (χ4n) is 3.23. The van der Waals surface area contributed by atoms with Gasteiger partial charge in [0.25, 0.3) is 0 Å². The molecular formula is C14H21N3O. The second-order valence-electron chi connectivity index (χ2n) is 5.90. The van der Waals surface area contributed by atoms with Crippen LogP contribution in [0.1, 0.15) is 42.4 Å². The molecule has 1 aromatic rings. The van der Waals surface area contributed by atoms with Crippen LogP contribution in [-0.2, 0) is 24.2 Å². The Balaban J connectivity index is 1.66. The van der Waals surface area contributed by atoms with E-state index in [4.69, 9.17) is 9.72 Å². The molecule has 1 N–H and O–H groups in total. The van der Waals surface area contributed by atoms with Crippen molar-refractivity contribution in [3.05, 3.63) is 17.2 Å². The van der Waals surface area contributed by atoms with Crippen LogP contribution in [0.4, 0.5) is 0 Å². The molecule has 1 saturated carbocycles. The standard InChI is InChI=1S/C14H21N3O/c1-2-11(1)14-16-12-7-15-5-3-13(12)17(14)8-10-4-6-18-9-10/h10-11,15H,1-9H2. The van der Waals surface area contributed by atoms with Crippen molar-refractivity contribution in [3.8, 4) is 0 Å². The zero-order valence-electron chi connectivity index (χ0n) is 10.8. The summed E-state index contributed by atoms with van der Waals surface area (Å²) in [6.07, 6.45) is 5.03. The zero-order valence-corrected chi connectivity index (χ0v) is 10.8. The van der Waals surface area contributed by atoms with Crippen molar-refractivity contribution in [3.63, 3.8) is 0 Å². The third-order valence-electron chi connectivity index (χ3n) is 4.42. The Morgan fingerprint density at radius 2 is 2.28 bits per heavy atom. The summed E-state index contributed by atoms with van der Waals surface area (Å²) in [7, 11) is 0. The topological polar surface area (TPSA) is 39.1 Å². The quantitative estimate of drug-likeness (QED) is 0.878. The Labute approximate surface area is 108 Å². The van der Waals surface area contributed by atoms with Gasteiger partial charge in [-0.15, -0.1) is 0 Å². The van der Waals surface area contributed by atoms with E-state index >= 15 is 0 Å². The normalized spacial score (nSPS) is 27.4. The van der Waals surface area contributed by atoms with E-state index in [0.29, 0.717) is 5.92 Å². The van der Waals surface area contributed by atoms with Crippen LogP contribution >= 0.6 is 0 Å². The third-order valence-corrected chi connectivity index (χ3v) is 4.42. The van der Waals surface area contributed by atoms with Gasteiger partial charge in [0.2, 0.25) is 0 Å². The molecule has 1 unspecified atom stereocenters. The van der Waals surface area contributed by atoms with Crippen LogP contribution in [0.15, 0.2) is 0 Å². The minimum absolute atomic E-state index is 0.704. The molecule has 1 atom stereocenters. The second-order valence-corrected chi connectivity index (χ2v) is 5.90. The lowest BCUT2D eigenvalue weighted by atomic mass is 10.1. The van der Waals surface area contributed by atoms with E-state index in [9.17, 15) is 0 Å². The van der Waals surface area contributed by atoms with Crippen molar-refractivity contribution in [1.82, 2.24) is 14.9 Å². The van der Waals surface area contributed by atoms with Crippen molar-refractivity contribution < 1.29 is 4.74 Å². The number of ether oxygens (including phenoxy) is 1. The molecular weight excluding hydrogens is 226 g/mol. The first kappa shape index (κ1) is 11.0. The summed E-state index contributed by atoms with van der Waals surface area (Å²) in [4.78, 5) is 4.91. The highest BCUT2D eigenvalue weighted by Crippen LogP contribution is 2.41. The molecule has 1 saturated heterocycles. The van der Waals surface area contributed by atoms with Crippen molar-refractivity contribution >= 4 is 0 Å². The SMILES string of the molecule is C1Cc2c(nc(C3CC3)n2CC2CCOC2)CN1. The minimum Gasteiger partial charge on any atom is -0.381 e. The van der Waals surface area contributed by atoms with Crippen LogP contribution < -0.4 is 5.32 Å². The summed E-state index contributed by atoms with van der Waals surface area (Å²) < 4.78 is 8.07. The van der Waals surface area contributed by atoms with Gasteiger partial charge in [-0.25, -0.2) is 4.98 Å². The van der Waals surface area contributed by atoms with Crippen molar-refractivity contribution in [1.29, 1.82) is 0 Å². The summed E-state index contributed by atoms with van der Waals surface area (Å²) in [5, 5.41) is 3.43. The van der Waals surface area contributed by atoms with Crippen molar-refractivity contribution in [2.24, 2.45) is 5.92 Å². The molecule has 0 aromatic carbocycles. The van der Waals surface area contributed by atoms with Crippen LogP contribution in [0.2, 0.25) is 0 Å². The Morgan fingerprint density at radius 3 is 3.06 bits per heavy atom. The molecule has 4 heteroatoms. The number of nitrogens with zero attached hydrogens (tertiary/aromatic N) is 2. The molecule has 4 rings (SSSR count). The number of nitrogens with one attached hydrogen (secondary N) is 1. The van der Waals surface area contributed by atoms with Gasteiger partial charge in [0.1, 0.15) is 5.82 Å². The number of fused-ring (bicyclic) bond motifs is 1. The van der Waals surface area contributed by atoms with Gasteiger partial charge in [0, 0.05) is 50.2 Å². The van der Waals surface area contributed by atoms with E-state index in [2.05, 4.69) is 9.88 Å². The molecule has 0 amide bonds. The molecule has 3 heterocycles. The van der Waals surface area contributed by atoms with E-state index in [0.717, 1.165) is 45.2 Å². The Kier molecular flexibility index (Phi) is 2.66. The smallest absolute Gasteiger partial charge is 0.112 e. The van der Waals surface area contributed by atoms with Gasteiger partial charge in [-0.2, -0.15) is 0 Å². The molecule has 0 bridgehead atoms.